The maximum Gasteiger partial charge on any atom is 0.313 e. The second-order valence-corrected chi connectivity index (χ2v) is 6.11. The number of aryl methyl sites for hydroxylation is 2. The second kappa shape index (κ2) is 9.62. The molecule has 2 aromatic rings. The van der Waals surface area contributed by atoms with E-state index in [4.69, 9.17) is 9.47 Å². The number of benzene rings is 2. The summed E-state index contributed by atoms with van der Waals surface area (Å²) in [6.45, 7) is 4.26. The minimum Gasteiger partial charge on any atom is -0.493 e. The average molecular weight is 370 g/mol. The maximum atomic E-state index is 12.2. The molecule has 6 heteroatoms. The van der Waals surface area contributed by atoms with Gasteiger partial charge in [0, 0.05) is 12.2 Å². The van der Waals surface area contributed by atoms with Gasteiger partial charge in [0.2, 0.25) is 0 Å². The van der Waals surface area contributed by atoms with Crippen LogP contribution in [0.25, 0.3) is 0 Å². The normalized spacial score (nSPS) is 10.2. The fourth-order valence-electron chi connectivity index (χ4n) is 2.81. The summed E-state index contributed by atoms with van der Waals surface area (Å²) in [5.41, 5.74) is 3.61. The largest absolute Gasteiger partial charge is 0.493 e. The molecular formula is C21H26N2O4. The van der Waals surface area contributed by atoms with E-state index in [0.29, 0.717) is 30.2 Å². The minimum atomic E-state index is -0.661. The minimum absolute atomic E-state index is 0.343. The van der Waals surface area contributed by atoms with E-state index < -0.39 is 11.8 Å². The molecule has 0 saturated heterocycles. The van der Waals surface area contributed by atoms with Gasteiger partial charge in [0.05, 0.1) is 14.2 Å². The summed E-state index contributed by atoms with van der Waals surface area (Å²) in [5.74, 6) is -0.0348. The van der Waals surface area contributed by atoms with Crippen molar-refractivity contribution in [3.8, 4) is 11.5 Å². The molecule has 0 heterocycles. The van der Waals surface area contributed by atoms with Gasteiger partial charge in [-0.2, -0.15) is 0 Å². The maximum absolute atomic E-state index is 12.2. The molecule has 0 unspecified atom stereocenters. The van der Waals surface area contributed by atoms with Gasteiger partial charge >= 0.3 is 11.8 Å². The highest BCUT2D eigenvalue weighted by Gasteiger charge is 2.16. The number of ether oxygens (including phenoxy) is 2. The molecule has 0 aliphatic carbocycles. The molecule has 0 atom stereocenters. The molecular weight excluding hydrogens is 344 g/mol. The lowest BCUT2D eigenvalue weighted by atomic mass is 10.1. The van der Waals surface area contributed by atoms with E-state index in [2.05, 4.69) is 10.6 Å². The number of amides is 2. The number of para-hydroxylation sites is 1. The lowest BCUT2D eigenvalue weighted by Crippen LogP contribution is -2.36. The standard InChI is InChI=1S/C21H26N2O4/c1-5-16-8-6-7-14(2)19(16)23-21(25)20(24)22-12-11-15-9-10-17(26-3)18(13-15)27-4/h6-10,13H,5,11-12H2,1-4H3,(H,22,24)(H,23,25). The Morgan fingerprint density at radius 3 is 2.41 bits per heavy atom. The lowest BCUT2D eigenvalue weighted by Gasteiger charge is -2.13. The van der Waals surface area contributed by atoms with Crippen LogP contribution >= 0.6 is 0 Å². The molecule has 6 nitrogen and oxygen atoms in total. The smallest absolute Gasteiger partial charge is 0.313 e. The molecule has 0 bridgehead atoms. The van der Waals surface area contributed by atoms with Crippen molar-refractivity contribution in [2.45, 2.75) is 26.7 Å². The van der Waals surface area contributed by atoms with Crippen molar-refractivity contribution in [2.75, 3.05) is 26.1 Å². The number of rotatable bonds is 7. The molecule has 0 spiro atoms. The first-order valence-electron chi connectivity index (χ1n) is 8.88. The number of carbonyl (C=O) groups is 2. The second-order valence-electron chi connectivity index (χ2n) is 6.11. The van der Waals surface area contributed by atoms with Crippen LogP contribution in [0.3, 0.4) is 0 Å². The van der Waals surface area contributed by atoms with Crippen LogP contribution in [0, 0.1) is 6.92 Å². The summed E-state index contributed by atoms with van der Waals surface area (Å²) in [4.78, 5) is 24.3. The Hall–Kier alpha value is -3.02. The Bertz CT molecular complexity index is 818. The summed E-state index contributed by atoms with van der Waals surface area (Å²) < 4.78 is 10.5. The Balaban J connectivity index is 1.92. The Labute approximate surface area is 159 Å². The van der Waals surface area contributed by atoms with Crippen molar-refractivity contribution in [2.24, 2.45) is 0 Å². The molecule has 2 N–H and O–H groups in total. The van der Waals surface area contributed by atoms with Gasteiger partial charge in [0.15, 0.2) is 11.5 Å². The van der Waals surface area contributed by atoms with Gasteiger partial charge in [0.25, 0.3) is 0 Å². The molecule has 2 aromatic carbocycles. The lowest BCUT2D eigenvalue weighted by molar-refractivity contribution is -0.136. The first kappa shape index (κ1) is 20.3. The topological polar surface area (TPSA) is 76.7 Å². The fraction of sp³-hybridized carbons (Fsp3) is 0.333. The zero-order chi connectivity index (χ0) is 19.8. The zero-order valence-electron chi connectivity index (χ0n) is 16.2. The monoisotopic (exact) mass is 370 g/mol. The number of hydrogen-bond donors (Lipinski definition) is 2. The van der Waals surface area contributed by atoms with Gasteiger partial charge < -0.3 is 20.1 Å². The molecule has 0 fully saturated rings. The van der Waals surface area contributed by atoms with E-state index in [9.17, 15) is 9.59 Å². The molecule has 2 amide bonds. The third-order valence-electron chi connectivity index (χ3n) is 4.33. The highest BCUT2D eigenvalue weighted by molar-refractivity contribution is 6.39. The highest BCUT2D eigenvalue weighted by Crippen LogP contribution is 2.27. The molecule has 0 radical (unpaired) electrons. The van der Waals surface area contributed by atoms with Crippen molar-refractivity contribution in [1.82, 2.24) is 5.32 Å². The first-order chi connectivity index (χ1) is 13.0. The van der Waals surface area contributed by atoms with E-state index in [1.165, 1.54) is 0 Å². The van der Waals surface area contributed by atoms with Crippen LogP contribution in [0.1, 0.15) is 23.6 Å². The molecule has 27 heavy (non-hydrogen) atoms. The van der Waals surface area contributed by atoms with Gasteiger partial charge in [0.1, 0.15) is 0 Å². The van der Waals surface area contributed by atoms with Crippen LogP contribution < -0.4 is 20.1 Å². The van der Waals surface area contributed by atoms with Crippen molar-refractivity contribution < 1.29 is 19.1 Å². The Morgan fingerprint density at radius 2 is 1.74 bits per heavy atom. The summed E-state index contributed by atoms with van der Waals surface area (Å²) in [7, 11) is 3.15. The number of nitrogens with one attached hydrogen (secondary N) is 2. The summed E-state index contributed by atoms with van der Waals surface area (Å²) >= 11 is 0. The first-order valence-corrected chi connectivity index (χ1v) is 8.88. The summed E-state index contributed by atoms with van der Waals surface area (Å²) in [6.07, 6.45) is 1.35. The van der Waals surface area contributed by atoms with Gasteiger partial charge in [-0.15, -0.1) is 0 Å². The van der Waals surface area contributed by atoms with E-state index in [-0.39, 0.29) is 0 Å². The molecule has 144 valence electrons. The average Bonchev–Trinajstić information content (AvgIpc) is 2.69. The van der Waals surface area contributed by atoms with E-state index in [1.807, 2.05) is 50.2 Å². The number of methoxy groups -OCH3 is 2. The van der Waals surface area contributed by atoms with Crippen LogP contribution in [0.15, 0.2) is 36.4 Å². The third-order valence-corrected chi connectivity index (χ3v) is 4.33. The molecule has 0 aromatic heterocycles. The van der Waals surface area contributed by atoms with Gasteiger partial charge in [-0.25, -0.2) is 0 Å². The van der Waals surface area contributed by atoms with Gasteiger partial charge in [-0.3, -0.25) is 9.59 Å². The van der Waals surface area contributed by atoms with E-state index in [1.54, 1.807) is 14.2 Å². The van der Waals surface area contributed by atoms with Crippen LogP contribution in [0.2, 0.25) is 0 Å². The Morgan fingerprint density at radius 1 is 1.00 bits per heavy atom. The summed E-state index contributed by atoms with van der Waals surface area (Å²) in [5, 5.41) is 5.38. The number of hydrogen-bond acceptors (Lipinski definition) is 4. The number of anilines is 1. The van der Waals surface area contributed by atoms with Crippen molar-refractivity contribution in [3.63, 3.8) is 0 Å². The van der Waals surface area contributed by atoms with E-state index in [0.717, 1.165) is 23.1 Å². The molecule has 2 rings (SSSR count). The van der Waals surface area contributed by atoms with E-state index >= 15 is 0 Å². The van der Waals surface area contributed by atoms with Gasteiger partial charge in [-0.05, 0) is 48.6 Å². The van der Waals surface area contributed by atoms with Crippen molar-refractivity contribution in [1.29, 1.82) is 0 Å². The predicted octanol–water partition coefficient (Wildman–Crippen LogP) is 2.87. The molecule has 0 aliphatic heterocycles. The van der Waals surface area contributed by atoms with Crippen molar-refractivity contribution >= 4 is 17.5 Å². The number of carbonyl (C=O) groups excluding carboxylic acids is 2. The van der Waals surface area contributed by atoms with Crippen LogP contribution in [0.4, 0.5) is 5.69 Å². The Kier molecular flexibility index (Phi) is 7.23. The van der Waals surface area contributed by atoms with Crippen LogP contribution in [0.5, 0.6) is 11.5 Å². The van der Waals surface area contributed by atoms with Crippen molar-refractivity contribution in [3.05, 3.63) is 53.1 Å². The highest BCUT2D eigenvalue weighted by atomic mass is 16.5. The van der Waals surface area contributed by atoms with Crippen LogP contribution in [-0.4, -0.2) is 32.6 Å². The van der Waals surface area contributed by atoms with Crippen LogP contribution in [-0.2, 0) is 22.4 Å². The van der Waals surface area contributed by atoms with Gasteiger partial charge in [-0.1, -0.05) is 31.2 Å². The molecule has 0 aliphatic rings. The fourth-order valence-corrected chi connectivity index (χ4v) is 2.81. The molecule has 0 saturated carbocycles. The predicted molar refractivity (Wildman–Crippen MR) is 105 cm³/mol. The summed E-state index contributed by atoms with van der Waals surface area (Å²) in [6, 6.07) is 11.3. The zero-order valence-corrected chi connectivity index (χ0v) is 16.2. The quantitative estimate of drug-likeness (QED) is 0.735. The third kappa shape index (κ3) is 5.23. The SMILES string of the molecule is CCc1cccc(C)c1NC(=O)C(=O)NCCc1ccc(OC)c(OC)c1.